The van der Waals surface area contributed by atoms with Gasteiger partial charge in [-0.05, 0) is 129 Å². The highest BCUT2D eigenvalue weighted by Crippen LogP contribution is 2.45. The zero-order chi connectivity index (χ0) is 46.6. The van der Waals surface area contributed by atoms with Crippen molar-refractivity contribution in [1.29, 1.82) is 0 Å². The average molecular weight is 834 g/mol. The van der Waals surface area contributed by atoms with E-state index in [9.17, 15) is 5.48 Å². The van der Waals surface area contributed by atoms with Gasteiger partial charge in [-0.25, -0.2) is 0 Å². The molecule has 0 aliphatic carbocycles. The number of fused-ring (bicyclic) bond motifs is 5. The smallest absolute Gasteiger partial charge is 0.0645 e. The number of anilines is 6. The topological polar surface area (TPSA) is 11.4 Å². The Hall–Kier alpha value is -8.66. The van der Waals surface area contributed by atoms with Gasteiger partial charge in [-0.2, -0.15) is 0 Å². The van der Waals surface area contributed by atoms with E-state index in [4.69, 9.17) is 0 Å². The van der Waals surface area contributed by atoms with Crippen LogP contribution in [0.3, 0.4) is 0 Å². The first-order valence-corrected chi connectivity index (χ1v) is 21.9. The number of benzene rings is 11. The van der Waals surface area contributed by atoms with Gasteiger partial charge in [0.25, 0.3) is 0 Å². The fourth-order valence-corrected chi connectivity index (χ4v) is 9.37. The molecule has 0 bridgehead atoms. The molecular formula is C62H43N3. The third-order valence-corrected chi connectivity index (χ3v) is 12.4. The zero-order valence-electron chi connectivity index (χ0n) is 39.4. The molecule has 0 atom stereocenters. The van der Waals surface area contributed by atoms with Crippen LogP contribution in [0.5, 0.6) is 0 Å². The molecule has 12 aromatic rings. The Labute approximate surface area is 384 Å². The molecule has 65 heavy (non-hydrogen) atoms. The molecule has 3 nitrogen and oxygen atoms in total. The SMILES string of the molecule is [2H]c1c([2H])c(N(c2ccccc2)c2ccc(-c3ccccc3)cc2)c([2H])c([2H])c1-c1cccc2c(N(c3ccc4ccccc4c3)c3ccc4c(c3)c3ccccc3n4-c3ccccc3)cccc12. The van der Waals surface area contributed by atoms with E-state index in [1.54, 1.807) is 0 Å². The van der Waals surface area contributed by atoms with Crippen molar-refractivity contribution < 1.29 is 5.48 Å². The summed E-state index contributed by atoms with van der Waals surface area (Å²) in [5.41, 5.74) is 10.8. The molecule has 0 saturated heterocycles. The molecule has 3 heteroatoms. The molecule has 0 amide bonds. The summed E-state index contributed by atoms with van der Waals surface area (Å²) >= 11 is 0. The van der Waals surface area contributed by atoms with Gasteiger partial charge >= 0.3 is 0 Å². The number of aromatic nitrogens is 1. The van der Waals surface area contributed by atoms with Crippen LogP contribution in [0.25, 0.3) is 71.3 Å². The predicted octanol–water partition coefficient (Wildman–Crippen LogP) is 17.4. The summed E-state index contributed by atoms with van der Waals surface area (Å²) in [6.07, 6.45) is 0. The molecule has 306 valence electrons. The van der Waals surface area contributed by atoms with E-state index in [0.717, 1.165) is 88.6 Å². The van der Waals surface area contributed by atoms with Gasteiger partial charge in [-0.3, -0.25) is 0 Å². The molecular weight excluding hydrogens is 787 g/mol. The molecule has 1 aromatic heterocycles. The molecule has 0 N–H and O–H groups in total. The maximum absolute atomic E-state index is 9.71. The lowest BCUT2D eigenvalue weighted by Gasteiger charge is -2.28. The maximum atomic E-state index is 9.71. The van der Waals surface area contributed by atoms with Gasteiger partial charge in [0.2, 0.25) is 0 Å². The predicted molar refractivity (Wildman–Crippen MR) is 276 cm³/mol. The van der Waals surface area contributed by atoms with Crippen molar-refractivity contribution in [3.63, 3.8) is 0 Å². The van der Waals surface area contributed by atoms with Crippen LogP contribution in [0.15, 0.2) is 261 Å². The van der Waals surface area contributed by atoms with Crippen LogP contribution in [0.1, 0.15) is 5.48 Å². The molecule has 0 aliphatic rings. The average Bonchev–Trinajstić information content (AvgIpc) is 3.74. The summed E-state index contributed by atoms with van der Waals surface area (Å²) in [5.74, 6) is 0. The fourth-order valence-electron chi connectivity index (χ4n) is 9.37. The van der Waals surface area contributed by atoms with Crippen molar-refractivity contribution in [3.05, 3.63) is 261 Å². The molecule has 0 unspecified atom stereocenters. The molecule has 0 saturated carbocycles. The Morgan fingerprint density at radius 3 is 1.68 bits per heavy atom. The highest BCUT2D eigenvalue weighted by atomic mass is 15.1. The Morgan fingerprint density at radius 1 is 0.308 bits per heavy atom. The third-order valence-electron chi connectivity index (χ3n) is 12.4. The Bertz CT molecular complexity index is 3860. The van der Waals surface area contributed by atoms with Crippen LogP contribution in [0.2, 0.25) is 0 Å². The normalized spacial score (nSPS) is 12.2. The zero-order valence-corrected chi connectivity index (χ0v) is 35.4. The van der Waals surface area contributed by atoms with E-state index >= 15 is 0 Å². The van der Waals surface area contributed by atoms with E-state index < -0.39 is 0 Å². The summed E-state index contributed by atoms with van der Waals surface area (Å²) in [4.78, 5) is 4.13. The van der Waals surface area contributed by atoms with Crippen LogP contribution in [0, 0.1) is 0 Å². The van der Waals surface area contributed by atoms with Crippen molar-refractivity contribution in [2.75, 3.05) is 9.80 Å². The minimum absolute atomic E-state index is 0.114. The second-order valence-corrected chi connectivity index (χ2v) is 16.2. The second-order valence-electron chi connectivity index (χ2n) is 16.2. The molecule has 0 spiro atoms. The largest absolute Gasteiger partial charge is 0.311 e. The van der Waals surface area contributed by atoms with Crippen molar-refractivity contribution in [1.82, 2.24) is 4.57 Å². The highest BCUT2D eigenvalue weighted by Gasteiger charge is 2.21. The van der Waals surface area contributed by atoms with Gasteiger partial charge in [0.15, 0.2) is 0 Å². The van der Waals surface area contributed by atoms with Gasteiger partial charge in [0.1, 0.15) is 0 Å². The Balaban J connectivity index is 1.03. The maximum Gasteiger partial charge on any atom is 0.0645 e. The Morgan fingerprint density at radius 2 is 0.877 bits per heavy atom. The van der Waals surface area contributed by atoms with Crippen molar-refractivity contribution in [2.45, 2.75) is 0 Å². The first-order chi connectivity index (χ1) is 33.9. The fraction of sp³-hybridized carbons (Fsp3) is 0. The lowest BCUT2D eigenvalue weighted by Crippen LogP contribution is -2.10. The van der Waals surface area contributed by atoms with E-state index in [2.05, 4.69) is 143 Å². The Kier molecular flexibility index (Phi) is 8.47. The van der Waals surface area contributed by atoms with Crippen LogP contribution < -0.4 is 9.80 Å². The summed E-state index contributed by atoms with van der Waals surface area (Å²) in [5, 5.41) is 6.25. The number of para-hydroxylation sites is 3. The quantitative estimate of drug-likeness (QED) is 0.144. The highest BCUT2D eigenvalue weighted by molar-refractivity contribution is 6.12. The van der Waals surface area contributed by atoms with Crippen LogP contribution in [-0.2, 0) is 0 Å². The third kappa shape index (κ3) is 6.87. The molecule has 0 radical (unpaired) electrons. The van der Waals surface area contributed by atoms with E-state index in [1.807, 2.05) is 108 Å². The van der Waals surface area contributed by atoms with E-state index in [1.165, 1.54) is 0 Å². The first kappa shape index (κ1) is 33.9. The lowest BCUT2D eigenvalue weighted by atomic mass is 9.96. The minimum atomic E-state index is -0.129. The standard InChI is InChI=1S/C62H43N3/c1-4-16-44(17-5-1)46-30-35-51(36-31-46)63(49-20-6-2-7-21-49)52-37-33-47(34-38-52)55-25-14-27-57-56(55)26-15-29-60(57)64(53-39-32-45-18-10-11-19-48(45)42-53)54-40-41-62-59(43-54)58-24-12-13-28-61(58)65(62)50-22-8-3-9-23-50/h1-43H/i33D,34D,37D,38D. The van der Waals surface area contributed by atoms with Gasteiger partial charge in [-0.15, -0.1) is 0 Å². The second kappa shape index (κ2) is 16.2. The minimum Gasteiger partial charge on any atom is -0.311 e. The van der Waals surface area contributed by atoms with E-state index in [-0.39, 0.29) is 35.4 Å². The van der Waals surface area contributed by atoms with Crippen molar-refractivity contribution >= 4 is 77.5 Å². The van der Waals surface area contributed by atoms with Crippen molar-refractivity contribution in [3.8, 4) is 27.9 Å². The lowest BCUT2D eigenvalue weighted by molar-refractivity contribution is 1.18. The number of nitrogens with zero attached hydrogens (tertiary/aromatic N) is 3. The number of rotatable bonds is 9. The molecule has 0 fully saturated rings. The van der Waals surface area contributed by atoms with Gasteiger partial charge < -0.3 is 14.4 Å². The first-order valence-electron chi connectivity index (χ1n) is 23.9. The summed E-state index contributed by atoms with van der Waals surface area (Å²) in [6.45, 7) is 0. The molecule has 11 aromatic carbocycles. The van der Waals surface area contributed by atoms with E-state index in [0.29, 0.717) is 5.56 Å². The van der Waals surface area contributed by atoms with Gasteiger partial charge in [0.05, 0.1) is 22.2 Å². The van der Waals surface area contributed by atoms with Gasteiger partial charge in [-0.1, -0.05) is 170 Å². The van der Waals surface area contributed by atoms with Gasteiger partial charge in [0, 0.05) is 50.3 Å². The van der Waals surface area contributed by atoms with Crippen LogP contribution in [-0.4, -0.2) is 4.57 Å². The van der Waals surface area contributed by atoms with Crippen LogP contribution in [0.4, 0.5) is 34.1 Å². The monoisotopic (exact) mass is 833 g/mol. The molecule has 12 rings (SSSR count). The summed E-state index contributed by atoms with van der Waals surface area (Å²) in [6, 6.07) is 80.1. The number of hydrogen-bond donors (Lipinski definition) is 0. The van der Waals surface area contributed by atoms with Crippen LogP contribution >= 0.6 is 0 Å². The summed E-state index contributed by atoms with van der Waals surface area (Å²) in [7, 11) is 0. The summed E-state index contributed by atoms with van der Waals surface area (Å²) < 4.78 is 41.1. The number of hydrogen-bond acceptors (Lipinski definition) is 2. The molecule has 1 heterocycles. The van der Waals surface area contributed by atoms with Crippen molar-refractivity contribution in [2.24, 2.45) is 0 Å². The molecule has 0 aliphatic heterocycles.